The lowest BCUT2D eigenvalue weighted by atomic mass is 9.94. The van der Waals surface area contributed by atoms with Crippen LogP contribution in [-0.2, 0) is 16.9 Å². The van der Waals surface area contributed by atoms with Crippen molar-refractivity contribution in [3.05, 3.63) is 23.3 Å². The van der Waals surface area contributed by atoms with Crippen molar-refractivity contribution in [1.29, 1.82) is 0 Å². The molecule has 0 heterocycles. The molecule has 0 aliphatic rings. The Labute approximate surface area is 102 Å². The monoisotopic (exact) mass is 240 g/mol. The lowest BCUT2D eigenvalue weighted by Crippen LogP contribution is -2.18. The summed E-state index contributed by atoms with van der Waals surface area (Å²) in [5.41, 5.74) is 0.542. The molecule has 4 nitrogen and oxygen atoms in total. The van der Waals surface area contributed by atoms with Gasteiger partial charge in [0.15, 0.2) is 0 Å². The van der Waals surface area contributed by atoms with Crippen molar-refractivity contribution in [3.8, 4) is 11.5 Å². The molecule has 0 aromatic heterocycles. The first-order valence-corrected chi connectivity index (χ1v) is 5.40. The minimum Gasteiger partial charge on any atom is -0.497 e. The van der Waals surface area contributed by atoms with Gasteiger partial charge >= 0.3 is 0 Å². The number of methoxy groups -OCH3 is 3. The van der Waals surface area contributed by atoms with Gasteiger partial charge in [0, 0.05) is 18.2 Å². The molecule has 0 saturated carbocycles. The van der Waals surface area contributed by atoms with E-state index in [0.29, 0.717) is 23.7 Å². The van der Waals surface area contributed by atoms with Crippen molar-refractivity contribution in [2.45, 2.75) is 26.1 Å². The van der Waals surface area contributed by atoms with Crippen LogP contribution < -0.4 is 9.47 Å². The zero-order chi connectivity index (χ0) is 13.1. The number of hydrogen-bond donors (Lipinski definition) is 1. The van der Waals surface area contributed by atoms with Crippen molar-refractivity contribution >= 4 is 0 Å². The molecule has 0 radical (unpaired) electrons. The fourth-order valence-corrected chi connectivity index (χ4v) is 1.74. The molecule has 0 amide bonds. The molecule has 0 unspecified atom stereocenters. The van der Waals surface area contributed by atoms with Crippen molar-refractivity contribution in [2.24, 2.45) is 0 Å². The second kappa shape index (κ2) is 5.38. The van der Waals surface area contributed by atoms with E-state index in [0.717, 1.165) is 5.56 Å². The number of aliphatic hydroxyl groups is 1. The molecule has 96 valence electrons. The fourth-order valence-electron chi connectivity index (χ4n) is 1.74. The van der Waals surface area contributed by atoms with E-state index in [1.165, 1.54) is 0 Å². The van der Waals surface area contributed by atoms with Crippen LogP contribution in [0.1, 0.15) is 25.0 Å². The zero-order valence-electron chi connectivity index (χ0n) is 11.0. The lowest BCUT2D eigenvalue weighted by molar-refractivity contribution is 0.0747. The van der Waals surface area contributed by atoms with Crippen LogP contribution in [0.3, 0.4) is 0 Å². The standard InChI is InChI=1S/C13H20O4/c1-13(2,14)11-7-10(16-4)6-9(8-15-3)12(11)17-5/h6-7,14H,8H2,1-5H3. The van der Waals surface area contributed by atoms with Crippen LogP contribution in [-0.4, -0.2) is 26.4 Å². The van der Waals surface area contributed by atoms with Crippen LogP contribution in [0.5, 0.6) is 11.5 Å². The first-order valence-electron chi connectivity index (χ1n) is 5.40. The minimum atomic E-state index is -0.998. The predicted molar refractivity (Wildman–Crippen MR) is 65.5 cm³/mol. The molecule has 17 heavy (non-hydrogen) atoms. The number of ether oxygens (including phenoxy) is 3. The van der Waals surface area contributed by atoms with Gasteiger partial charge in [0.2, 0.25) is 0 Å². The molecule has 0 fully saturated rings. The van der Waals surface area contributed by atoms with E-state index >= 15 is 0 Å². The molecular formula is C13H20O4. The number of rotatable bonds is 5. The average molecular weight is 240 g/mol. The molecule has 0 aliphatic heterocycles. The number of hydrogen-bond acceptors (Lipinski definition) is 4. The highest BCUT2D eigenvalue weighted by Crippen LogP contribution is 2.36. The molecule has 0 bridgehead atoms. The minimum absolute atomic E-state index is 0.406. The Hall–Kier alpha value is -1.26. The van der Waals surface area contributed by atoms with E-state index in [2.05, 4.69) is 0 Å². The van der Waals surface area contributed by atoms with E-state index in [1.54, 1.807) is 41.2 Å². The average Bonchev–Trinajstić information content (AvgIpc) is 2.27. The third kappa shape index (κ3) is 3.11. The van der Waals surface area contributed by atoms with E-state index in [-0.39, 0.29) is 0 Å². The molecule has 0 spiro atoms. The van der Waals surface area contributed by atoms with Crippen molar-refractivity contribution in [2.75, 3.05) is 21.3 Å². The summed E-state index contributed by atoms with van der Waals surface area (Å²) in [6.07, 6.45) is 0. The summed E-state index contributed by atoms with van der Waals surface area (Å²) in [5.74, 6) is 1.31. The van der Waals surface area contributed by atoms with E-state index < -0.39 is 5.60 Å². The maximum absolute atomic E-state index is 10.1. The molecule has 4 heteroatoms. The molecular weight excluding hydrogens is 220 g/mol. The lowest BCUT2D eigenvalue weighted by Gasteiger charge is -2.23. The van der Waals surface area contributed by atoms with Gasteiger partial charge in [-0.3, -0.25) is 0 Å². The van der Waals surface area contributed by atoms with E-state index in [1.807, 2.05) is 6.07 Å². The molecule has 0 saturated heterocycles. The SMILES string of the molecule is COCc1cc(OC)cc(C(C)(C)O)c1OC. The Kier molecular flexibility index (Phi) is 4.37. The summed E-state index contributed by atoms with van der Waals surface area (Å²) in [4.78, 5) is 0. The second-order valence-electron chi connectivity index (χ2n) is 4.36. The zero-order valence-corrected chi connectivity index (χ0v) is 11.0. The van der Waals surface area contributed by atoms with Gasteiger partial charge in [0.25, 0.3) is 0 Å². The van der Waals surface area contributed by atoms with Crippen molar-refractivity contribution in [3.63, 3.8) is 0 Å². The fraction of sp³-hybridized carbons (Fsp3) is 0.538. The normalized spacial score (nSPS) is 11.4. The van der Waals surface area contributed by atoms with Gasteiger partial charge in [0.05, 0.1) is 26.4 Å². The van der Waals surface area contributed by atoms with Crippen LogP contribution in [0, 0.1) is 0 Å². The van der Waals surface area contributed by atoms with Gasteiger partial charge < -0.3 is 19.3 Å². The molecule has 0 atom stereocenters. The highest BCUT2D eigenvalue weighted by atomic mass is 16.5. The Bertz CT molecular complexity index is 380. The van der Waals surface area contributed by atoms with Gasteiger partial charge in [-0.15, -0.1) is 0 Å². The summed E-state index contributed by atoms with van der Waals surface area (Å²) in [6.45, 7) is 3.82. The van der Waals surface area contributed by atoms with Crippen LogP contribution in [0.15, 0.2) is 12.1 Å². The van der Waals surface area contributed by atoms with Crippen LogP contribution >= 0.6 is 0 Å². The maximum atomic E-state index is 10.1. The molecule has 1 aromatic carbocycles. The first-order chi connectivity index (χ1) is 7.93. The Morgan fingerprint density at radius 2 is 1.76 bits per heavy atom. The third-order valence-electron chi connectivity index (χ3n) is 2.54. The van der Waals surface area contributed by atoms with Gasteiger partial charge in [0.1, 0.15) is 11.5 Å². The van der Waals surface area contributed by atoms with E-state index in [4.69, 9.17) is 14.2 Å². The Balaban J connectivity index is 3.39. The molecule has 1 rings (SSSR count). The van der Waals surface area contributed by atoms with Gasteiger partial charge in [-0.1, -0.05) is 0 Å². The third-order valence-corrected chi connectivity index (χ3v) is 2.54. The topological polar surface area (TPSA) is 47.9 Å². The summed E-state index contributed by atoms with van der Waals surface area (Å²) < 4.78 is 15.7. The highest BCUT2D eigenvalue weighted by Gasteiger charge is 2.24. The Morgan fingerprint density at radius 1 is 1.12 bits per heavy atom. The van der Waals surface area contributed by atoms with Crippen molar-refractivity contribution in [1.82, 2.24) is 0 Å². The van der Waals surface area contributed by atoms with Crippen LogP contribution in [0.2, 0.25) is 0 Å². The smallest absolute Gasteiger partial charge is 0.130 e. The summed E-state index contributed by atoms with van der Waals surface area (Å²) in [6, 6.07) is 3.62. The van der Waals surface area contributed by atoms with Gasteiger partial charge in [-0.05, 0) is 26.0 Å². The molecule has 0 aliphatic carbocycles. The summed E-state index contributed by atoms with van der Waals surface area (Å²) in [5, 5.41) is 10.1. The van der Waals surface area contributed by atoms with Crippen molar-refractivity contribution < 1.29 is 19.3 Å². The van der Waals surface area contributed by atoms with Gasteiger partial charge in [-0.2, -0.15) is 0 Å². The number of benzene rings is 1. The Morgan fingerprint density at radius 3 is 2.18 bits per heavy atom. The summed E-state index contributed by atoms with van der Waals surface area (Å²) >= 11 is 0. The maximum Gasteiger partial charge on any atom is 0.130 e. The quantitative estimate of drug-likeness (QED) is 0.856. The van der Waals surface area contributed by atoms with Gasteiger partial charge in [-0.25, -0.2) is 0 Å². The predicted octanol–water partition coefficient (Wildman–Crippen LogP) is 2.08. The van der Waals surface area contributed by atoms with E-state index in [9.17, 15) is 5.11 Å². The van der Waals surface area contributed by atoms with Crippen LogP contribution in [0.25, 0.3) is 0 Å². The van der Waals surface area contributed by atoms with Crippen LogP contribution in [0.4, 0.5) is 0 Å². The highest BCUT2D eigenvalue weighted by molar-refractivity contribution is 5.49. The molecule has 1 aromatic rings. The first kappa shape index (κ1) is 13.8. The second-order valence-corrected chi connectivity index (χ2v) is 4.36. The largest absolute Gasteiger partial charge is 0.497 e. The summed E-state index contributed by atoms with van der Waals surface area (Å²) in [7, 11) is 4.78. The molecule has 1 N–H and O–H groups in total.